The summed E-state index contributed by atoms with van der Waals surface area (Å²) in [6, 6.07) is 0. The molecule has 16 heavy (non-hydrogen) atoms. The Balaban J connectivity index is 4.92. The first-order chi connectivity index (χ1) is 7.13. The predicted molar refractivity (Wildman–Crippen MR) is 57.6 cm³/mol. The number of nitrogens with one attached hydrogen (secondary N) is 1. The smallest absolute Gasteiger partial charge is 0.342 e. The Kier molecular flexibility index (Phi) is 4.83. The SMILES string of the molecule is CC(C)(C)SCC(C)(C(=O)[O-])C(=O)N=[N+]=N. The summed E-state index contributed by atoms with van der Waals surface area (Å²) < 4.78 is -0.172. The lowest BCUT2D eigenvalue weighted by atomic mass is 9.93. The highest BCUT2D eigenvalue weighted by Crippen LogP contribution is 2.31. The topological polar surface area (TPSA) is 108 Å². The number of aliphatic carboxylic acids is 1. The fourth-order valence-electron chi connectivity index (χ4n) is 0.725. The largest absolute Gasteiger partial charge is 0.549 e. The van der Waals surface area contributed by atoms with Gasteiger partial charge >= 0.3 is 5.91 Å². The van der Waals surface area contributed by atoms with E-state index in [1.807, 2.05) is 20.8 Å². The average Bonchev–Trinajstić information content (AvgIpc) is 2.13. The van der Waals surface area contributed by atoms with Gasteiger partial charge in [0.05, 0.1) is 5.97 Å². The summed E-state index contributed by atoms with van der Waals surface area (Å²) in [7, 11) is 0. The number of carbonyl (C=O) groups excluding carboxylic acids is 2. The van der Waals surface area contributed by atoms with Crippen LogP contribution in [0.3, 0.4) is 0 Å². The van der Waals surface area contributed by atoms with Crippen LogP contribution in [0.15, 0.2) is 5.11 Å². The normalized spacial score (nSPS) is 14.8. The summed E-state index contributed by atoms with van der Waals surface area (Å²) in [5.74, 6) is -2.42. The molecule has 0 aromatic heterocycles. The second-order valence-corrected chi connectivity index (χ2v) is 6.33. The zero-order chi connectivity index (χ0) is 13.0. The molecule has 0 saturated carbocycles. The molecule has 0 aliphatic rings. The fourth-order valence-corrected chi connectivity index (χ4v) is 1.69. The minimum atomic E-state index is -1.73. The van der Waals surface area contributed by atoms with E-state index in [4.69, 9.17) is 5.53 Å². The zero-order valence-electron chi connectivity index (χ0n) is 9.73. The zero-order valence-corrected chi connectivity index (χ0v) is 10.6. The van der Waals surface area contributed by atoms with Crippen LogP contribution in [0.1, 0.15) is 27.7 Å². The van der Waals surface area contributed by atoms with Crippen molar-refractivity contribution in [3.05, 3.63) is 0 Å². The maximum absolute atomic E-state index is 11.4. The van der Waals surface area contributed by atoms with Crippen molar-refractivity contribution in [1.82, 2.24) is 4.91 Å². The molecule has 7 heteroatoms. The summed E-state index contributed by atoms with van der Waals surface area (Å²) >= 11 is 1.32. The Hall–Kier alpha value is -1.20. The highest BCUT2D eigenvalue weighted by atomic mass is 32.2. The molecule has 0 heterocycles. The summed E-state index contributed by atoms with van der Waals surface area (Å²) in [6.45, 7) is 6.95. The lowest BCUT2D eigenvalue weighted by Crippen LogP contribution is -2.47. The third-order valence-electron chi connectivity index (χ3n) is 1.86. The quantitative estimate of drug-likeness (QED) is 0.438. The number of amides is 1. The van der Waals surface area contributed by atoms with Crippen molar-refractivity contribution in [2.24, 2.45) is 10.5 Å². The molecule has 0 bridgehead atoms. The first-order valence-electron chi connectivity index (χ1n) is 4.61. The number of thioether (sulfide) groups is 1. The monoisotopic (exact) mass is 245 g/mol. The molecule has 6 nitrogen and oxygen atoms in total. The Morgan fingerprint density at radius 3 is 2.19 bits per heavy atom. The molecule has 0 aliphatic heterocycles. The van der Waals surface area contributed by atoms with Gasteiger partial charge in [-0.2, -0.15) is 11.8 Å². The van der Waals surface area contributed by atoms with Gasteiger partial charge < -0.3 is 9.90 Å². The van der Waals surface area contributed by atoms with Gasteiger partial charge in [-0.3, -0.25) is 4.79 Å². The minimum absolute atomic E-state index is 0.0384. The highest BCUT2D eigenvalue weighted by Gasteiger charge is 2.39. The van der Waals surface area contributed by atoms with Gasteiger partial charge in [-0.15, -0.1) is 0 Å². The number of carboxylic acids is 1. The van der Waals surface area contributed by atoms with Crippen LogP contribution in [0.5, 0.6) is 0 Å². The third kappa shape index (κ3) is 4.12. The first kappa shape index (κ1) is 14.8. The summed E-state index contributed by atoms with van der Waals surface area (Å²) in [5, 5.41) is 13.9. The second-order valence-electron chi connectivity index (χ2n) is 4.53. The number of hydrogen-bond acceptors (Lipinski definition) is 5. The molecule has 1 amide bonds. The molecule has 0 aromatic rings. The number of hydrogen-bond donors (Lipinski definition) is 1. The number of nitrogens with zero attached hydrogens (tertiary/aromatic N) is 2. The molecule has 1 N–H and O–H groups in total. The number of carboxylic acid groups (broad SMARTS) is 1. The molecule has 1 unspecified atom stereocenters. The Morgan fingerprint density at radius 1 is 1.38 bits per heavy atom. The standard InChI is InChI=1S/C9H15N3O3S/c1-8(2,3)16-5-9(4,7(14)15)6(13)11-12-10/h10H,5H2,1-4H3. The van der Waals surface area contributed by atoms with Gasteiger partial charge in [0.1, 0.15) is 10.9 Å². The van der Waals surface area contributed by atoms with Crippen molar-refractivity contribution in [2.45, 2.75) is 32.4 Å². The predicted octanol–water partition coefficient (Wildman–Crippen LogP) is 0.351. The molecule has 0 saturated heterocycles. The lowest BCUT2D eigenvalue weighted by Gasteiger charge is -2.28. The summed E-state index contributed by atoms with van der Waals surface area (Å²) in [5.41, 5.74) is 4.69. The summed E-state index contributed by atoms with van der Waals surface area (Å²) in [6.07, 6.45) is 0. The van der Waals surface area contributed by atoms with Crippen LogP contribution < -0.4 is 10.0 Å². The molecule has 0 fully saturated rings. The van der Waals surface area contributed by atoms with Gasteiger partial charge in [0.15, 0.2) is 5.11 Å². The average molecular weight is 245 g/mol. The Morgan fingerprint density at radius 2 is 1.88 bits per heavy atom. The van der Waals surface area contributed by atoms with E-state index in [-0.39, 0.29) is 10.5 Å². The van der Waals surface area contributed by atoms with Crippen LogP contribution in [-0.4, -0.2) is 22.4 Å². The molecule has 1 atom stereocenters. The van der Waals surface area contributed by atoms with Gasteiger partial charge in [0, 0.05) is 10.5 Å². The van der Waals surface area contributed by atoms with Crippen molar-refractivity contribution in [3.8, 4) is 0 Å². The molecule has 0 aliphatic carbocycles. The highest BCUT2D eigenvalue weighted by molar-refractivity contribution is 8.00. The van der Waals surface area contributed by atoms with E-state index in [1.165, 1.54) is 18.7 Å². The van der Waals surface area contributed by atoms with E-state index < -0.39 is 17.3 Å². The van der Waals surface area contributed by atoms with E-state index in [1.54, 1.807) is 0 Å². The van der Waals surface area contributed by atoms with E-state index >= 15 is 0 Å². The summed E-state index contributed by atoms with van der Waals surface area (Å²) in [4.78, 5) is 24.9. The molecule has 0 aromatic carbocycles. The number of carbonyl (C=O) groups is 2. The Bertz CT molecular complexity index is 344. The third-order valence-corrected chi connectivity index (χ3v) is 3.44. The van der Waals surface area contributed by atoms with Gasteiger partial charge in [-0.1, -0.05) is 20.8 Å². The van der Waals surface area contributed by atoms with E-state index in [0.717, 1.165) is 0 Å². The van der Waals surface area contributed by atoms with Crippen LogP contribution in [0.2, 0.25) is 0 Å². The van der Waals surface area contributed by atoms with E-state index in [0.29, 0.717) is 0 Å². The van der Waals surface area contributed by atoms with Gasteiger partial charge in [-0.05, 0) is 6.92 Å². The van der Waals surface area contributed by atoms with Gasteiger partial charge in [0.25, 0.3) is 0 Å². The lowest BCUT2D eigenvalue weighted by molar-refractivity contribution is -0.314. The Labute approximate surface area is 98.0 Å². The molecule has 90 valence electrons. The molecule has 0 rings (SSSR count). The van der Waals surface area contributed by atoms with Crippen molar-refractivity contribution < 1.29 is 14.7 Å². The van der Waals surface area contributed by atoms with Crippen LogP contribution in [0.4, 0.5) is 0 Å². The van der Waals surface area contributed by atoms with Crippen molar-refractivity contribution in [1.29, 1.82) is 5.53 Å². The van der Waals surface area contributed by atoms with Crippen molar-refractivity contribution >= 4 is 23.6 Å². The molecular formula is C9H15N3O3S. The minimum Gasteiger partial charge on any atom is -0.549 e. The first-order valence-corrected chi connectivity index (χ1v) is 5.59. The number of rotatable bonds is 4. The van der Waals surface area contributed by atoms with Crippen LogP contribution in [0.25, 0.3) is 0 Å². The second kappa shape index (κ2) is 5.23. The molecule has 0 radical (unpaired) electrons. The van der Waals surface area contributed by atoms with Gasteiger partial charge in [-0.25, -0.2) is 0 Å². The van der Waals surface area contributed by atoms with Crippen molar-refractivity contribution in [3.63, 3.8) is 0 Å². The maximum atomic E-state index is 11.4. The van der Waals surface area contributed by atoms with E-state index in [9.17, 15) is 14.7 Å². The van der Waals surface area contributed by atoms with Crippen molar-refractivity contribution in [2.75, 3.05) is 5.75 Å². The van der Waals surface area contributed by atoms with E-state index in [2.05, 4.69) is 10.0 Å². The molecular weight excluding hydrogens is 230 g/mol. The van der Waals surface area contributed by atoms with Gasteiger partial charge in [0.2, 0.25) is 4.91 Å². The fraction of sp³-hybridized carbons (Fsp3) is 0.778. The molecule has 0 spiro atoms. The van der Waals surface area contributed by atoms with Crippen LogP contribution >= 0.6 is 11.8 Å². The van der Waals surface area contributed by atoms with Crippen LogP contribution in [-0.2, 0) is 9.59 Å². The maximum Gasteiger partial charge on any atom is 0.342 e. The van der Waals surface area contributed by atoms with Crippen LogP contribution in [0, 0.1) is 10.9 Å².